The lowest BCUT2D eigenvalue weighted by Crippen LogP contribution is -1.88. The molecule has 0 bridgehead atoms. The Bertz CT molecular complexity index is 977. The Morgan fingerprint density at radius 3 is 2.08 bits per heavy atom. The van der Waals surface area contributed by atoms with Gasteiger partial charge in [0.1, 0.15) is 5.82 Å². The van der Waals surface area contributed by atoms with Crippen LogP contribution in [0.3, 0.4) is 0 Å². The molecule has 0 aliphatic heterocycles. The first-order valence-electron chi connectivity index (χ1n) is 8.43. The molecule has 0 radical (unpaired) electrons. The molecule has 0 N–H and O–H groups in total. The van der Waals surface area contributed by atoms with Gasteiger partial charge in [0.25, 0.3) is 0 Å². The van der Waals surface area contributed by atoms with Crippen LogP contribution in [0, 0.1) is 29.3 Å². The molecule has 0 saturated heterocycles. The summed E-state index contributed by atoms with van der Waals surface area (Å²) in [5, 5.41) is 0. The Hall–Kier alpha value is -2.99. The minimum Gasteiger partial charge on any atom is -0.206 e. The fourth-order valence-corrected chi connectivity index (χ4v) is 2.66. The second kappa shape index (κ2) is 7.93. The van der Waals surface area contributed by atoms with Gasteiger partial charge in [-0.2, -0.15) is 0 Å². The van der Waals surface area contributed by atoms with Crippen molar-refractivity contribution < 1.29 is 13.2 Å². The Balaban J connectivity index is 1.83. The van der Waals surface area contributed by atoms with E-state index in [1.54, 1.807) is 12.1 Å². The Morgan fingerprint density at radius 2 is 1.42 bits per heavy atom. The smallest absolute Gasteiger partial charge is 0.160 e. The van der Waals surface area contributed by atoms with Crippen molar-refractivity contribution in [2.24, 2.45) is 0 Å². The predicted molar refractivity (Wildman–Crippen MR) is 98.2 cm³/mol. The average molecular weight is 350 g/mol. The van der Waals surface area contributed by atoms with Crippen LogP contribution in [-0.4, -0.2) is 0 Å². The van der Waals surface area contributed by atoms with Crippen molar-refractivity contribution >= 4 is 0 Å². The third-order valence-corrected chi connectivity index (χ3v) is 4.06. The van der Waals surface area contributed by atoms with Gasteiger partial charge in [0, 0.05) is 5.56 Å². The van der Waals surface area contributed by atoms with Crippen LogP contribution in [0.1, 0.15) is 30.0 Å². The zero-order valence-corrected chi connectivity index (χ0v) is 14.3. The van der Waals surface area contributed by atoms with Gasteiger partial charge in [0.2, 0.25) is 0 Å². The van der Waals surface area contributed by atoms with Gasteiger partial charge in [-0.25, -0.2) is 13.2 Å². The molecule has 0 aromatic heterocycles. The zero-order valence-electron chi connectivity index (χ0n) is 14.3. The molecule has 0 spiro atoms. The van der Waals surface area contributed by atoms with Crippen LogP contribution < -0.4 is 0 Å². The number of aryl methyl sites for hydroxylation is 1. The maximum Gasteiger partial charge on any atom is 0.160 e. The molecule has 0 amide bonds. The molecule has 0 saturated carbocycles. The van der Waals surface area contributed by atoms with E-state index in [0.29, 0.717) is 5.56 Å². The molecule has 26 heavy (non-hydrogen) atoms. The molecule has 3 aromatic rings. The van der Waals surface area contributed by atoms with E-state index < -0.39 is 17.5 Å². The first kappa shape index (κ1) is 17.8. The van der Waals surface area contributed by atoms with Gasteiger partial charge in [-0.1, -0.05) is 55.5 Å². The molecule has 0 nitrogen and oxygen atoms in total. The van der Waals surface area contributed by atoms with Crippen LogP contribution in [0.15, 0.2) is 60.7 Å². The summed E-state index contributed by atoms with van der Waals surface area (Å²) in [6, 6.07) is 16.2. The molecular weight excluding hydrogens is 333 g/mol. The Labute approximate surface area is 151 Å². The van der Waals surface area contributed by atoms with Crippen LogP contribution in [0.4, 0.5) is 13.2 Å². The summed E-state index contributed by atoms with van der Waals surface area (Å²) in [5.74, 6) is 2.96. The summed E-state index contributed by atoms with van der Waals surface area (Å²) in [6.45, 7) is 2.13. The standard InChI is InChI=1S/C23H17F3/c1-2-3-16-4-8-18(9-5-16)20-12-11-19(22(25)15-20)10-6-17-7-13-21(24)23(26)14-17/h4-5,7-9,11-15H,2-3H2,1H3. The number of benzene rings is 3. The lowest BCUT2D eigenvalue weighted by Gasteiger charge is -2.05. The second-order valence-electron chi connectivity index (χ2n) is 6.02. The topological polar surface area (TPSA) is 0 Å². The molecular formula is C23H17F3. The number of rotatable bonds is 3. The van der Waals surface area contributed by atoms with Crippen molar-refractivity contribution in [3.8, 4) is 23.0 Å². The van der Waals surface area contributed by atoms with Gasteiger partial charge in [0.15, 0.2) is 11.6 Å². The Morgan fingerprint density at radius 1 is 0.692 bits per heavy atom. The summed E-state index contributed by atoms with van der Waals surface area (Å²) in [7, 11) is 0. The fraction of sp³-hybridized carbons (Fsp3) is 0.130. The number of hydrogen-bond acceptors (Lipinski definition) is 0. The van der Waals surface area contributed by atoms with Crippen molar-refractivity contribution in [2.45, 2.75) is 19.8 Å². The highest BCUT2D eigenvalue weighted by molar-refractivity contribution is 5.65. The third-order valence-electron chi connectivity index (χ3n) is 4.06. The molecule has 0 heterocycles. The van der Waals surface area contributed by atoms with Crippen LogP contribution in [0.5, 0.6) is 0 Å². The van der Waals surface area contributed by atoms with E-state index in [1.807, 2.05) is 24.3 Å². The molecule has 3 heteroatoms. The molecule has 3 rings (SSSR count). The van der Waals surface area contributed by atoms with Gasteiger partial charge in [0.05, 0.1) is 5.56 Å². The quantitative estimate of drug-likeness (QED) is 0.499. The van der Waals surface area contributed by atoms with E-state index in [0.717, 1.165) is 36.1 Å². The van der Waals surface area contributed by atoms with E-state index in [4.69, 9.17) is 0 Å². The monoisotopic (exact) mass is 350 g/mol. The second-order valence-corrected chi connectivity index (χ2v) is 6.02. The maximum atomic E-state index is 14.3. The van der Waals surface area contributed by atoms with E-state index in [1.165, 1.54) is 17.7 Å². The van der Waals surface area contributed by atoms with Gasteiger partial charge in [-0.05, 0) is 53.4 Å². The first-order valence-corrected chi connectivity index (χ1v) is 8.43. The van der Waals surface area contributed by atoms with Crippen LogP contribution >= 0.6 is 0 Å². The minimum absolute atomic E-state index is 0.209. The lowest BCUT2D eigenvalue weighted by atomic mass is 10.0. The summed E-state index contributed by atoms with van der Waals surface area (Å²) in [5.41, 5.74) is 3.46. The number of hydrogen-bond donors (Lipinski definition) is 0. The normalized spacial score (nSPS) is 10.3. The van der Waals surface area contributed by atoms with E-state index in [-0.39, 0.29) is 5.56 Å². The molecule has 0 aliphatic carbocycles. The van der Waals surface area contributed by atoms with Crippen molar-refractivity contribution in [1.29, 1.82) is 0 Å². The highest BCUT2D eigenvalue weighted by Crippen LogP contribution is 2.22. The Kier molecular flexibility index (Phi) is 5.43. The predicted octanol–water partition coefficient (Wildman–Crippen LogP) is 6.12. The van der Waals surface area contributed by atoms with Crippen molar-refractivity contribution in [1.82, 2.24) is 0 Å². The minimum atomic E-state index is -0.973. The van der Waals surface area contributed by atoms with Crippen LogP contribution in [0.2, 0.25) is 0 Å². The molecule has 3 aromatic carbocycles. The van der Waals surface area contributed by atoms with E-state index in [2.05, 4.69) is 18.8 Å². The zero-order chi connectivity index (χ0) is 18.5. The van der Waals surface area contributed by atoms with Crippen molar-refractivity contribution in [2.75, 3.05) is 0 Å². The molecule has 0 unspecified atom stereocenters. The van der Waals surface area contributed by atoms with Crippen LogP contribution in [0.25, 0.3) is 11.1 Å². The molecule has 130 valence electrons. The third kappa shape index (κ3) is 4.15. The average Bonchev–Trinajstić information content (AvgIpc) is 2.64. The van der Waals surface area contributed by atoms with Gasteiger partial charge < -0.3 is 0 Å². The highest BCUT2D eigenvalue weighted by Gasteiger charge is 2.05. The summed E-state index contributed by atoms with van der Waals surface area (Å²) in [6.07, 6.45) is 2.10. The van der Waals surface area contributed by atoms with Gasteiger partial charge in [-0.3, -0.25) is 0 Å². The molecule has 0 aliphatic rings. The largest absolute Gasteiger partial charge is 0.206 e. The molecule has 0 atom stereocenters. The lowest BCUT2D eigenvalue weighted by molar-refractivity contribution is 0.508. The summed E-state index contributed by atoms with van der Waals surface area (Å²) >= 11 is 0. The van der Waals surface area contributed by atoms with E-state index >= 15 is 0 Å². The SMILES string of the molecule is CCCc1ccc(-c2ccc(C#Cc3ccc(F)c(F)c3)c(F)c2)cc1. The van der Waals surface area contributed by atoms with E-state index in [9.17, 15) is 13.2 Å². The summed E-state index contributed by atoms with van der Waals surface area (Å²) in [4.78, 5) is 0. The molecule has 0 fully saturated rings. The van der Waals surface area contributed by atoms with Crippen molar-refractivity contribution in [3.63, 3.8) is 0 Å². The van der Waals surface area contributed by atoms with Crippen LogP contribution in [-0.2, 0) is 6.42 Å². The maximum absolute atomic E-state index is 14.3. The number of halogens is 3. The summed E-state index contributed by atoms with van der Waals surface area (Å²) < 4.78 is 40.4. The fourth-order valence-electron chi connectivity index (χ4n) is 2.66. The first-order chi connectivity index (χ1) is 12.6. The van der Waals surface area contributed by atoms with Crippen molar-refractivity contribution in [3.05, 3.63) is 94.8 Å². The van der Waals surface area contributed by atoms with Gasteiger partial charge in [-0.15, -0.1) is 0 Å². The highest BCUT2D eigenvalue weighted by atomic mass is 19.2. The van der Waals surface area contributed by atoms with Gasteiger partial charge >= 0.3 is 0 Å².